The van der Waals surface area contributed by atoms with E-state index in [2.05, 4.69) is 179 Å². The van der Waals surface area contributed by atoms with Crippen LogP contribution >= 0.6 is 7.14 Å². The first-order valence-electron chi connectivity index (χ1n) is 23.9. The molecule has 338 valence electrons. The summed E-state index contributed by atoms with van der Waals surface area (Å²) in [5.41, 5.74) is 14.8. The van der Waals surface area contributed by atoms with Crippen molar-refractivity contribution in [3.05, 3.63) is 143 Å². The SMILES string of the molecule is CC1(C)c2ccc(-c3cccc(P(=O)(c4cccc(-c5ccc6c(c5)C(C)(C)C(C)(C)C6(C)C)n4)c4cccc(-c5ccc6c(c5)C(C)(C)C(C)(C)C6(C)C)n4)n3)cc2C(C)(C)C1(C)C. The van der Waals surface area contributed by atoms with E-state index in [0.717, 1.165) is 33.8 Å². The topological polar surface area (TPSA) is 55.7 Å². The fraction of sp³-hybridized carbons (Fsp3) is 0.450. The summed E-state index contributed by atoms with van der Waals surface area (Å²) in [6, 6.07) is 38.4. The summed E-state index contributed by atoms with van der Waals surface area (Å²) in [5.74, 6) is 0. The Labute approximate surface area is 391 Å². The van der Waals surface area contributed by atoms with Gasteiger partial charge in [0.05, 0.1) is 17.1 Å². The Kier molecular flexibility index (Phi) is 9.60. The van der Waals surface area contributed by atoms with Crippen LogP contribution in [-0.2, 0) is 37.1 Å². The standard InChI is InChI=1S/C60H72N3OP/c1-52(2)40-31-28-37(34-43(40)55(7,8)58(52,13)14)46-22-19-25-49(61-46)65(64,50-26-20-23-47(62-50)38-29-32-41-44(35-38)56(9,10)59(15,16)53(41,3)4)51-27-21-24-48(63-51)39-30-33-42-45(36-39)57(11,12)60(17,18)54(42,5)6/h19-36H,1-18H3. The zero-order valence-electron chi connectivity index (χ0n) is 42.6. The second-order valence-corrected chi connectivity index (χ2v) is 27.3. The number of hydrogen-bond donors (Lipinski definition) is 0. The van der Waals surface area contributed by atoms with Gasteiger partial charge >= 0.3 is 0 Å². The Hall–Kier alpha value is -4.66. The van der Waals surface area contributed by atoms with E-state index < -0.39 is 7.14 Å². The molecule has 9 rings (SSSR count). The summed E-state index contributed by atoms with van der Waals surface area (Å²) in [6.45, 7) is 42.8. The average molecular weight is 882 g/mol. The lowest BCUT2D eigenvalue weighted by Gasteiger charge is -2.44. The molecule has 6 aromatic rings. The predicted molar refractivity (Wildman–Crippen MR) is 275 cm³/mol. The van der Waals surface area contributed by atoms with Crippen molar-refractivity contribution in [3.8, 4) is 33.8 Å². The van der Waals surface area contributed by atoms with Gasteiger partial charge in [0, 0.05) is 16.7 Å². The van der Waals surface area contributed by atoms with Gasteiger partial charge in [-0.15, -0.1) is 0 Å². The molecule has 3 aromatic heterocycles. The van der Waals surface area contributed by atoms with Crippen LogP contribution in [0.3, 0.4) is 0 Å². The number of aromatic nitrogens is 3. The molecule has 4 nitrogen and oxygen atoms in total. The first kappa shape index (κ1) is 45.5. The monoisotopic (exact) mass is 882 g/mol. The van der Waals surface area contributed by atoms with Crippen LogP contribution in [-0.4, -0.2) is 15.0 Å². The molecule has 3 aliphatic rings. The van der Waals surface area contributed by atoms with Crippen molar-refractivity contribution in [1.82, 2.24) is 15.0 Å². The van der Waals surface area contributed by atoms with Crippen molar-refractivity contribution in [2.24, 2.45) is 16.2 Å². The van der Waals surface area contributed by atoms with E-state index in [9.17, 15) is 0 Å². The molecule has 0 aliphatic heterocycles. The van der Waals surface area contributed by atoms with Gasteiger partial charge in [-0.25, -0.2) is 15.0 Å². The van der Waals surface area contributed by atoms with Crippen LogP contribution in [0.5, 0.6) is 0 Å². The molecular weight excluding hydrogens is 810 g/mol. The van der Waals surface area contributed by atoms with Gasteiger partial charge in [0.25, 0.3) is 0 Å². The van der Waals surface area contributed by atoms with Crippen LogP contribution in [0, 0.1) is 16.2 Å². The van der Waals surface area contributed by atoms with Gasteiger partial charge in [-0.3, -0.25) is 0 Å². The number of nitrogens with zero attached hydrogens (tertiary/aromatic N) is 3. The Morgan fingerprint density at radius 2 is 0.538 bits per heavy atom. The third kappa shape index (κ3) is 5.74. The first-order valence-corrected chi connectivity index (χ1v) is 25.6. The molecule has 3 aromatic carbocycles. The Balaban J connectivity index is 1.22. The zero-order valence-corrected chi connectivity index (χ0v) is 43.5. The van der Waals surface area contributed by atoms with Crippen LogP contribution < -0.4 is 16.3 Å². The van der Waals surface area contributed by atoms with E-state index in [-0.39, 0.29) is 48.7 Å². The van der Waals surface area contributed by atoms with Crippen molar-refractivity contribution in [1.29, 1.82) is 0 Å². The van der Waals surface area contributed by atoms with Crippen LogP contribution in [0.15, 0.2) is 109 Å². The summed E-state index contributed by atoms with van der Waals surface area (Å²) in [7, 11) is -3.80. The normalized spacial score (nSPS) is 21.6. The van der Waals surface area contributed by atoms with Crippen molar-refractivity contribution < 1.29 is 4.57 Å². The lowest BCUT2D eigenvalue weighted by atomic mass is 9.59. The smallest absolute Gasteiger partial charge is 0.223 e. The number of hydrogen-bond acceptors (Lipinski definition) is 4. The van der Waals surface area contributed by atoms with E-state index in [1.807, 2.05) is 54.6 Å². The maximum absolute atomic E-state index is 16.8. The number of benzene rings is 3. The summed E-state index contributed by atoms with van der Waals surface area (Å²) in [4.78, 5) is 16.1. The molecule has 0 unspecified atom stereocenters. The maximum atomic E-state index is 16.8. The van der Waals surface area contributed by atoms with E-state index in [1.54, 1.807) is 0 Å². The summed E-state index contributed by atoms with van der Waals surface area (Å²) in [6.07, 6.45) is 0. The first-order chi connectivity index (χ1) is 29.9. The molecule has 65 heavy (non-hydrogen) atoms. The van der Waals surface area contributed by atoms with Crippen LogP contribution in [0.1, 0.15) is 158 Å². The third-order valence-corrected chi connectivity index (χ3v) is 23.2. The van der Waals surface area contributed by atoms with Crippen molar-refractivity contribution in [2.75, 3.05) is 0 Å². The van der Waals surface area contributed by atoms with Gasteiger partial charge in [-0.2, -0.15) is 0 Å². The van der Waals surface area contributed by atoms with Crippen LogP contribution in [0.2, 0.25) is 0 Å². The average Bonchev–Trinajstić information content (AvgIpc) is 3.50. The third-order valence-electron chi connectivity index (χ3n) is 20.5. The second kappa shape index (κ2) is 13.7. The highest BCUT2D eigenvalue weighted by molar-refractivity contribution is 7.84. The summed E-state index contributed by atoms with van der Waals surface area (Å²) < 4.78 is 16.8. The molecule has 0 fully saturated rings. The zero-order chi connectivity index (χ0) is 47.5. The van der Waals surface area contributed by atoms with E-state index in [1.165, 1.54) is 33.4 Å². The molecule has 0 atom stereocenters. The molecule has 0 saturated heterocycles. The van der Waals surface area contributed by atoms with E-state index >= 15 is 4.57 Å². The van der Waals surface area contributed by atoms with Gasteiger partial charge in [0.2, 0.25) is 7.14 Å². The number of fused-ring (bicyclic) bond motifs is 3. The highest BCUT2D eigenvalue weighted by Gasteiger charge is 2.59. The Morgan fingerprint density at radius 1 is 0.308 bits per heavy atom. The largest absolute Gasteiger partial charge is 0.304 e. The van der Waals surface area contributed by atoms with Crippen molar-refractivity contribution >= 4 is 23.4 Å². The quantitative estimate of drug-likeness (QED) is 0.156. The molecular formula is C60H72N3OP. The Bertz CT molecular complexity index is 2690. The number of rotatable bonds is 6. The van der Waals surface area contributed by atoms with Gasteiger partial charge in [0.1, 0.15) is 16.3 Å². The number of pyridine rings is 3. The lowest BCUT2D eigenvalue weighted by molar-refractivity contribution is 0.125. The minimum Gasteiger partial charge on any atom is -0.304 e. The molecule has 0 saturated carbocycles. The predicted octanol–water partition coefficient (Wildman–Crippen LogP) is 14.3. The van der Waals surface area contributed by atoms with Gasteiger partial charge in [-0.05, 0) is 137 Å². The molecule has 0 spiro atoms. The summed E-state index contributed by atoms with van der Waals surface area (Å²) >= 11 is 0. The Morgan fingerprint density at radius 3 is 0.785 bits per heavy atom. The molecule has 3 heterocycles. The summed E-state index contributed by atoms with van der Waals surface area (Å²) in [5, 5.41) is 0. The van der Waals surface area contributed by atoms with Crippen LogP contribution in [0.4, 0.5) is 0 Å². The second-order valence-electron chi connectivity index (χ2n) is 24.7. The molecule has 0 radical (unpaired) electrons. The van der Waals surface area contributed by atoms with Gasteiger partial charge in [0.15, 0.2) is 0 Å². The van der Waals surface area contributed by atoms with Crippen molar-refractivity contribution in [2.45, 2.75) is 157 Å². The molecule has 3 aliphatic carbocycles. The molecule has 5 heteroatoms. The molecule has 0 amide bonds. The van der Waals surface area contributed by atoms with Crippen LogP contribution in [0.25, 0.3) is 33.8 Å². The maximum Gasteiger partial charge on any atom is 0.223 e. The minimum absolute atomic E-state index is 0.00922. The fourth-order valence-corrected chi connectivity index (χ4v) is 14.6. The minimum atomic E-state index is -3.80. The van der Waals surface area contributed by atoms with E-state index in [0.29, 0.717) is 16.3 Å². The van der Waals surface area contributed by atoms with E-state index in [4.69, 9.17) is 15.0 Å². The highest BCUT2D eigenvalue weighted by atomic mass is 31.2. The highest BCUT2D eigenvalue weighted by Crippen LogP contribution is 2.64. The van der Waals surface area contributed by atoms with Gasteiger partial charge in [-0.1, -0.05) is 179 Å². The fourth-order valence-electron chi connectivity index (χ4n) is 12.3. The molecule has 0 N–H and O–H groups in total. The van der Waals surface area contributed by atoms with Gasteiger partial charge < -0.3 is 4.57 Å². The molecule has 0 bridgehead atoms. The lowest BCUT2D eigenvalue weighted by Crippen LogP contribution is -2.42. The van der Waals surface area contributed by atoms with Crippen molar-refractivity contribution in [3.63, 3.8) is 0 Å².